The quantitative estimate of drug-likeness (QED) is 0.209. The second-order valence-electron chi connectivity index (χ2n) is 11.3. The topological polar surface area (TPSA) is 0 Å². The third kappa shape index (κ3) is 3.12. The fraction of sp³-hybridized carbons (Fsp3) is 0.0769. The maximum atomic E-state index is 2.42. The van der Waals surface area contributed by atoms with Crippen LogP contribution in [0.3, 0.4) is 0 Å². The van der Waals surface area contributed by atoms with E-state index in [9.17, 15) is 0 Å². The lowest BCUT2D eigenvalue weighted by Gasteiger charge is -2.26. The summed E-state index contributed by atoms with van der Waals surface area (Å²) in [4.78, 5) is 0. The first kappa shape index (κ1) is 22.3. The van der Waals surface area contributed by atoms with Gasteiger partial charge in [-0.2, -0.15) is 0 Å². The summed E-state index contributed by atoms with van der Waals surface area (Å²) in [5.41, 5.74) is 10.7. The zero-order valence-corrected chi connectivity index (χ0v) is 22.2. The molecule has 39 heavy (non-hydrogen) atoms. The van der Waals surface area contributed by atoms with Gasteiger partial charge in [-0.3, -0.25) is 0 Å². The van der Waals surface area contributed by atoms with Crippen LogP contribution in [0.25, 0.3) is 65.7 Å². The van der Waals surface area contributed by atoms with Gasteiger partial charge >= 0.3 is 0 Å². The molecular weight excluding hydrogens is 468 g/mol. The number of benzene rings is 7. The van der Waals surface area contributed by atoms with Gasteiger partial charge in [-0.05, 0) is 89.0 Å². The Hall–Kier alpha value is -4.68. The number of hydrogen-bond acceptors (Lipinski definition) is 0. The van der Waals surface area contributed by atoms with Crippen LogP contribution in [0, 0.1) is 0 Å². The Balaban J connectivity index is 1.51. The summed E-state index contributed by atoms with van der Waals surface area (Å²) in [5, 5.41) is 7.82. The lowest BCUT2D eigenvalue weighted by Crippen LogP contribution is -2.16. The molecule has 0 saturated carbocycles. The highest BCUT2D eigenvalue weighted by Gasteiger charge is 2.38. The second-order valence-corrected chi connectivity index (χ2v) is 11.3. The third-order valence-corrected chi connectivity index (χ3v) is 8.80. The molecule has 0 amide bonds. The van der Waals surface area contributed by atoms with E-state index in [1.54, 1.807) is 0 Å². The first-order valence-corrected chi connectivity index (χ1v) is 13.8. The lowest BCUT2D eigenvalue weighted by molar-refractivity contribution is 0.663. The van der Waals surface area contributed by atoms with Gasteiger partial charge in [-0.15, -0.1) is 0 Å². The Morgan fingerprint density at radius 3 is 1.56 bits per heavy atom. The molecule has 0 aromatic heterocycles. The highest BCUT2D eigenvalue weighted by atomic mass is 14.4. The van der Waals surface area contributed by atoms with E-state index in [-0.39, 0.29) is 5.41 Å². The summed E-state index contributed by atoms with van der Waals surface area (Å²) in [6.45, 7) is 4.80. The van der Waals surface area contributed by atoms with E-state index in [2.05, 4.69) is 147 Å². The molecule has 1 aliphatic carbocycles. The Labute approximate surface area is 229 Å². The van der Waals surface area contributed by atoms with Gasteiger partial charge in [0.25, 0.3) is 0 Å². The van der Waals surface area contributed by atoms with E-state index in [0.717, 1.165) is 0 Å². The van der Waals surface area contributed by atoms with Crippen molar-refractivity contribution < 1.29 is 0 Å². The molecule has 0 atom stereocenters. The van der Waals surface area contributed by atoms with Crippen LogP contribution < -0.4 is 0 Å². The van der Waals surface area contributed by atoms with Crippen molar-refractivity contribution in [2.75, 3.05) is 0 Å². The standard InChI is InChI=1S/C39H28/c1-39(2)35-24-27-16-7-6-15-26(27)23-34(35)32-21-12-22-33(38(32)39)37-30-19-10-8-17-28(30)36(25-13-4-3-5-14-25)29-18-9-11-20-31(29)37/h3-24H,1-2H3. The molecule has 0 spiro atoms. The average Bonchev–Trinajstić information content (AvgIpc) is 3.21. The number of hydrogen-bond donors (Lipinski definition) is 0. The van der Waals surface area contributed by atoms with Crippen molar-refractivity contribution in [1.82, 2.24) is 0 Å². The van der Waals surface area contributed by atoms with Crippen molar-refractivity contribution in [1.29, 1.82) is 0 Å². The molecule has 184 valence electrons. The molecule has 0 fully saturated rings. The van der Waals surface area contributed by atoms with Crippen LogP contribution in [0.5, 0.6) is 0 Å². The number of fused-ring (bicyclic) bond motifs is 6. The highest BCUT2D eigenvalue weighted by Crippen LogP contribution is 2.55. The van der Waals surface area contributed by atoms with Crippen LogP contribution >= 0.6 is 0 Å². The number of rotatable bonds is 2. The Morgan fingerprint density at radius 2 is 0.923 bits per heavy atom. The molecule has 7 aromatic rings. The monoisotopic (exact) mass is 496 g/mol. The maximum Gasteiger partial charge on any atom is 0.0165 e. The Morgan fingerprint density at radius 1 is 0.410 bits per heavy atom. The third-order valence-electron chi connectivity index (χ3n) is 8.80. The average molecular weight is 497 g/mol. The van der Waals surface area contributed by atoms with Gasteiger partial charge in [-0.1, -0.05) is 135 Å². The molecule has 0 aliphatic heterocycles. The minimum absolute atomic E-state index is 0.119. The molecule has 0 saturated heterocycles. The van der Waals surface area contributed by atoms with Gasteiger partial charge in [0.1, 0.15) is 0 Å². The van der Waals surface area contributed by atoms with Crippen LogP contribution in [0.15, 0.2) is 133 Å². The summed E-state index contributed by atoms with van der Waals surface area (Å²) in [6.07, 6.45) is 0. The van der Waals surface area contributed by atoms with Gasteiger partial charge in [0.2, 0.25) is 0 Å². The summed E-state index contributed by atoms with van der Waals surface area (Å²) in [6, 6.07) is 49.3. The molecule has 1 aliphatic rings. The summed E-state index contributed by atoms with van der Waals surface area (Å²) in [7, 11) is 0. The molecule has 0 heteroatoms. The molecule has 0 unspecified atom stereocenters. The van der Waals surface area contributed by atoms with Crippen LogP contribution in [0.4, 0.5) is 0 Å². The van der Waals surface area contributed by atoms with Gasteiger partial charge in [-0.25, -0.2) is 0 Å². The van der Waals surface area contributed by atoms with Crippen molar-refractivity contribution in [3.05, 3.63) is 145 Å². The largest absolute Gasteiger partial charge is 0.0622 e. The zero-order chi connectivity index (χ0) is 26.1. The predicted octanol–water partition coefficient (Wildman–Crippen LogP) is 10.8. The molecular formula is C39H28. The van der Waals surface area contributed by atoms with Crippen LogP contribution in [0.1, 0.15) is 25.0 Å². The molecule has 0 bridgehead atoms. The van der Waals surface area contributed by atoms with E-state index in [4.69, 9.17) is 0 Å². The first-order valence-electron chi connectivity index (χ1n) is 13.8. The molecule has 0 heterocycles. The lowest BCUT2D eigenvalue weighted by atomic mass is 9.76. The van der Waals surface area contributed by atoms with Crippen LogP contribution in [-0.4, -0.2) is 0 Å². The summed E-state index contributed by atoms with van der Waals surface area (Å²) in [5.74, 6) is 0. The minimum atomic E-state index is -0.119. The van der Waals surface area contributed by atoms with Crippen molar-refractivity contribution in [3.63, 3.8) is 0 Å². The molecule has 8 rings (SSSR count). The Kier molecular flexibility index (Phi) is 4.67. The van der Waals surface area contributed by atoms with Crippen molar-refractivity contribution >= 4 is 32.3 Å². The van der Waals surface area contributed by atoms with Gasteiger partial charge in [0, 0.05) is 5.41 Å². The van der Waals surface area contributed by atoms with Gasteiger partial charge in [0.05, 0.1) is 0 Å². The van der Waals surface area contributed by atoms with Crippen LogP contribution in [-0.2, 0) is 5.41 Å². The van der Waals surface area contributed by atoms with E-state index >= 15 is 0 Å². The maximum absolute atomic E-state index is 2.42. The van der Waals surface area contributed by atoms with Gasteiger partial charge in [0.15, 0.2) is 0 Å². The first-order chi connectivity index (χ1) is 19.1. The molecule has 0 radical (unpaired) electrons. The fourth-order valence-electron chi connectivity index (χ4n) is 7.11. The van der Waals surface area contributed by atoms with Crippen molar-refractivity contribution in [3.8, 4) is 33.4 Å². The fourth-order valence-corrected chi connectivity index (χ4v) is 7.11. The zero-order valence-electron chi connectivity index (χ0n) is 22.2. The molecule has 0 nitrogen and oxygen atoms in total. The summed E-state index contributed by atoms with van der Waals surface area (Å²) < 4.78 is 0. The minimum Gasteiger partial charge on any atom is -0.0622 e. The highest BCUT2D eigenvalue weighted by molar-refractivity contribution is 6.22. The van der Waals surface area contributed by atoms with Gasteiger partial charge < -0.3 is 0 Å². The van der Waals surface area contributed by atoms with Crippen molar-refractivity contribution in [2.45, 2.75) is 19.3 Å². The normalized spacial score (nSPS) is 13.6. The SMILES string of the molecule is CC1(C)c2cc3ccccc3cc2-c2cccc(-c3c4ccccc4c(-c4ccccc4)c4ccccc34)c21. The van der Waals surface area contributed by atoms with E-state index in [0.29, 0.717) is 0 Å². The van der Waals surface area contributed by atoms with Crippen LogP contribution in [0.2, 0.25) is 0 Å². The molecule has 7 aromatic carbocycles. The van der Waals surface area contributed by atoms with E-state index < -0.39 is 0 Å². The van der Waals surface area contributed by atoms with Crippen molar-refractivity contribution in [2.24, 2.45) is 0 Å². The second kappa shape index (κ2) is 8.16. The smallest absolute Gasteiger partial charge is 0.0165 e. The van der Waals surface area contributed by atoms with E-state index in [1.807, 2.05) is 0 Å². The predicted molar refractivity (Wildman–Crippen MR) is 167 cm³/mol. The molecule has 0 N–H and O–H groups in total. The Bertz CT molecular complexity index is 2020. The summed E-state index contributed by atoms with van der Waals surface area (Å²) >= 11 is 0. The van der Waals surface area contributed by atoms with E-state index in [1.165, 1.54) is 76.8 Å².